The van der Waals surface area contributed by atoms with Crippen LogP contribution in [0.2, 0.25) is 0 Å². The van der Waals surface area contributed by atoms with E-state index < -0.39 is 0 Å². The molecule has 2 rings (SSSR count). The average molecular weight is 303 g/mol. The number of alkyl halides is 1. The maximum Gasteiger partial charge on any atom is 0.163 e. The highest BCUT2D eigenvalue weighted by Crippen LogP contribution is 2.35. The molecular formula is C12H19BrN2O2. The highest BCUT2D eigenvalue weighted by atomic mass is 79.9. The van der Waals surface area contributed by atoms with Crippen LogP contribution in [-0.2, 0) is 11.8 Å². The quantitative estimate of drug-likeness (QED) is 0.801. The molecule has 0 spiro atoms. The summed E-state index contributed by atoms with van der Waals surface area (Å²) in [5.41, 5.74) is 2.01. The molecule has 1 heterocycles. The molecule has 96 valence electrons. The van der Waals surface area contributed by atoms with Crippen LogP contribution >= 0.6 is 15.9 Å². The topological polar surface area (TPSA) is 36.3 Å². The maximum absolute atomic E-state index is 6.03. The summed E-state index contributed by atoms with van der Waals surface area (Å²) >= 11 is 3.60. The van der Waals surface area contributed by atoms with E-state index in [9.17, 15) is 0 Å². The number of halogens is 1. The van der Waals surface area contributed by atoms with Crippen molar-refractivity contribution < 1.29 is 9.47 Å². The van der Waals surface area contributed by atoms with Crippen molar-refractivity contribution >= 4 is 15.9 Å². The fourth-order valence-electron chi connectivity index (χ4n) is 2.12. The third kappa shape index (κ3) is 2.36. The van der Waals surface area contributed by atoms with E-state index in [4.69, 9.17) is 9.47 Å². The lowest BCUT2D eigenvalue weighted by molar-refractivity contribution is -0.0727. The molecular weight excluding hydrogens is 284 g/mol. The predicted octanol–water partition coefficient (Wildman–Crippen LogP) is 2.36. The van der Waals surface area contributed by atoms with Crippen molar-refractivity contribution in [2.75, 3.05) is 6.61 Å². The number of hydrogen-bond donors (Lipinski definition) is 0. The van der Waals surface area contributed by atoms with Gasteiger partial charge in [-0.2, -0.15) is 5.10 Å². The zero-order chi connectivity index (χ0) is 12.6. The maximum atomic E-state index is 6.03. The molecule has 0 saturated heterocycles. The lowest BCUT2D eigenvalue weighted by Gasteiger charge is -2.40. The molecule has 0 radical (unpaired) electrons. The normalized spacial score (nSPS) is 27.9. The minimum absolute atomic E-state index is 0.140. The van der Waals surface area contributed by atoms with Crippen LogP contribution in [0.15, 0.2) is 0 Å². The Hall–Kier alpha value is -0.550. The van der Waals surface area contributed by atoms with Crippen molar-refractivity contribution in [1.29, 1.82) is 0 Å². The molecule has 0 amide bonds. The number of hydrogen-bond acceptors (Lipinski definition) is 3. The lowest BCUT2D eigenvalue weighted by atomic mass is 9.91. The number of aromatic nitrogens is 2. The van der Waals surface area contributed by atoms with Crippen LogP contribution < -0.4 is 4.74 Å². The molecule has 0 N–H and O–H groups in total. The Bertz CT molecular complexity index is 405. The summed E-state index contributed by atoms with van der Waals surface area (Å²) in [6.45, 7) is 6.73. The van der Waals surface area contributed by atoms with E-state index in [1.807, 2.05) is 32.5 Å². The summed E-state index contributed by atoms with van der Waals surface area (Å²) in [5.74, 6) is 0.904. The zero-order valence-electron chi connectivity index (χ0n) is 10.7. The predicted molar refractivity (Wildman–Crippen MR) is 69.8 cm³/mol. The first kappa shape index (κ1) is 12.9. The van der Waals surface area contributed by atoms with Gasteiger partial charge in [0.15, 0.2) is 5.75 Å². The standard InChI is InChI=1S/C12H19BrN2O2/c1-5-16-12-9(13)6-10(12)17-11-7(2)14-15(4)8(11)3/h9-10,12H,5-6H2,1-4H3. The summed E-state index contributed by atoms with van der Waals surface area (Å²) < 4.78 is 13.5. The Kier molecular flexibility index (Phi) is 3.78. The molecule has 1 aromatic heterocycles. The molecule has 5 heteroatoms. The van der Waals surface area contributed by atoms with Crippen LogP contribution in [0.3, 0.4) is 0 Å². The van der Waals surface area contributed by atoms with Crippen molar-refractivity contribution in [3.63, 3.8) is 0 Å². The highest BCUT2D eigenvalue weighted by molar-refractivity contribution is 9.09. The number of rotatable bonds is 4. The van der Waals surface area contributed by atoms with Gasteiger partial charge in [0, 0.05) is 24.9 Å². The molecule has 3 atom stereocenters. The van der Waals surface area contributed by atoms with Crippen molar-refractivity contribution in [3.8, 4) is 5.75 Å². The molecule has 0 aliphatic heterocycles. The molecule has 1 aliphatic carbocycles. The van der Waals surface area contributed by atoms with Gasteiger partial charge in [0.05, 0.1) is 5.69 Å². The SMILES string of the molecule is CCOC1C(Br)CC1Oc1c(C)nn(C)c1C. The summed E-state index contributed by atoms with van der Waals surface area (Å²) in [5, 5.41) is 4.35. The molecule has 1 saturated carbocycles. The van der Waals surface area contributed by atoms with Gasteiger partial charge >= 0.3 is 0 Å². The second-order valence-electron chi connectivity index (χ2n) is 4.45. The van der Waals surface area contributed by atoms with Crippen molar-refractivity contribution in [1.82, 2.24) is 9.78 Å². The van der Waals surface area contributed by atoms with Gasteiger partial charge in [-0.3, -0.25) is 4.68 Å². The summed E-state index contributed by atoms with van der Waals surface area (Å²) in [4.78, 5) is 0.407. The first-order valence-corrected chi connectivity index (χ1v) is 6.88. The third-order valence-corrected chi connectivity index (χ3v) is 4.15. The number of nitrogens with zero attached hydrogens (tertiary/aromatic N) is 2. The Morgan fingerprint density at radius 1 is 1.47 bits per heavy atom. The molecule has 1 aliphatic rings. The Morgan fingerprint density at radius 3 is 2.65 bits per heavy atom. The van der Waals surface area contributed by atoms with Gasteiger partial charge < -0.3 is 9.47 Å². The molecule has 3 unspecified atom stereocenters. The van der Waals surface area contributed by atoms with E-state index >= 15 is 0 Å². The van der Waals surface area contributed by atoms with Gasteiger partial charge in [0.1, 0.15) is 17.9 Å². The minimum Gasteiger partial charge on any atom is -0.484 e. The molecule has 0 bridgehead atoms. The fraction of sp³-hybridized carbons (Fsp3) is 0.750. The summed E-state index contributed by atoms with van der Waals surface area (Å²) in [6, 6.07) is 0. The van der Waals surface area contributed by atoms with Gasteiger partial charge in [-0.25, -0.2) is 0 Å². The van der Waals surface area contributed by atoms with E-state index in [2.05, 4.69) is 21.0 Å². The van der Waals surface area contributed by atoms with Crippen LogP contribution in [0.25, 0.3) is 0 Å². The first-order valence-electron chi connectivity index (χ1n) is 5.97. The Labute approximate surface area is 110 Å². The van der Waals surface area contributed by atoms with Crippen molar-refractivity contribution in [3.05, 3.63) is 11.4 Å². The van der Waals surface area contributed by atoms with Gasteiger partial charge in [-0.1, -0.05) is 15.9 Å². The third-order valence-electron chi connectivity index (χ3n) is 3.25. The minimum atomic E-state index is 0.140. The summed E-state index contributed by atoms with van der Waals surface area (Å²) in [7, 11) is 1.93. The number of aryl methyl sites for hydroxylation is 2. The van der Waals surface area contributed by atoms with E-state index in [1.165, 1.54) is 0 Å². The summed E-state index contributed by atoms with van der Waals surface area (Å²) in [6.07, 6.45) is 1.28. The monoisotopic (exact) mass is 302 g/mol. The number of ether oxygens (including phenoxy) is 2. The molecule has 1 fully saturated rings. The van der Waals surface area contributed by atoms with E-state index in [1.54, 1.807) is 0 Å². The molecule has 1 aromatic rings. The Morgan fingerprint density at radius 2 is 2.18 bits per heavy atom. The van der Waals surface area contributed by atoms with Crippen LogP contribution in [0.4, 0.5) is 0 Å². The van der Waals surface area contributed by atoms with Crippen LogP contribution in [0, 0.1) is 13.8 Å². The second kappa shape index (κ2) is 4.98. The fourth-order valence-corrected chi connectivity index (χ4v) is 2.98. The average Bonchev–Trinajstić information content (AvgIpc) is 2.52. The lowest BCUT2D eigenvalue weighted by Crippen LogP contribution is -2.52. The molecule has 0 aromatic carbocycles. The van der Waals surface area contributed by atoms with Gasteiger partial charge in [0.2, 0.25) is 0 Å². The van der Waals surface area contributed by atoms with Crippen LogP contribution in [0.5, 0.6) is 5.75 Å². The van der Waals surface area contributed by atoms with Crippen molar-refractivity contribution in [2.45, 2.75) is 44.2 Å². The Balaban J connectivity index is 2.06. The van der Waals surface area contributed by atoms with E-state index in [0.717, 1.165) is 30.2 Å². The van der Waals surface area contributed by atoms with Crippen molar-refractivity contribution in [2.24, 2.45) is 7.05 Å². The van der Waals surface area contributed by atoms with E-state index in [0.29, 0.717) is 4.83 Å². The van der Waals surface area contributed by atoms with Gasteiger partial charge in [-0.05, 0) is 20.8 Å². The first-order chi connectivity index (χ1) is 8.04. The van der Waals surface area contributed by atoms with Crippen LogP contribution in [0.1, 0.15) is 24.7 Å². The zero-order valence-corrected chi connectivity index (χ0v) is 12.3. The van der Waals surface area contributed by atoms with Gasteiger partial charge in [-0.15, -0.1) is 0 Å². The van der Waals surface area contributed by atoms with Crippen LogP contribution in [-0.4, -0.2) is 33.4 Å². The molecule has 17 heavy (non-hydrogen) atoms. The largest absolute Gasteiger partial charge is 0.484 e. The second-order valence-corrected chi connectivity index (χ2v) is 5.63. The van der Waals surface area contributed by atoms with E-state index in [-0.39, 0.29) is 12.2 Å². The smallest absolute Gasteiger partial charge is 0.163 e. The molecule has 4 nitrogen and oxygen atoms in total. The van der Waals surface area contributed by atoms with Gasteiger partial charge in [0.25, 0.3) is 0 Å². The highest BCUT2D eigenvalue weighted by Gasteiger charge is 2.42.